The molecule has 2 aromatic heterocycles. The van der Waals surface area contributed by atoms with E-state index in [1.807, 2.05) is 6.92 Å². The van der Waals surface area contributed by atoms with Gasteiger partial charge >= 0.3 is 6.43 Å². The maximum absolute atomic E-state index is 13.3. The van der Waals surface area contributed by atoms with Crippen LogP contribution < -0.4 is 5.32 Å². The lowest BCUT2D eigenvalue weighted by Gasteiger charge is -2.32. The van der Waals surface area contributed by atoms with Crippen LogP contribution in [0.3, 0.4) is 0 Å². The molecule has 0 spiro atoms. The molecule has 1 aliphatic rings. The number of halogens is 2. The summed E-state index contributed by atoms with van der Waals surface area (Å²) in [5.74, 6) is -0.931. The van der Waals surface area contributed by atoms with Crippen LogP contribution in [0.25, 0.3) is 11.5 Å². The second kappa shape index (κ2) is 12.0. The molecule has 1 amide bonds. The van der Waals surface area contributed by atoms with Crippen LogP contribution >= 0.6 is 0 Å². The van der Waals surface area contributed by atoms with Gasteiger partial charge in [0.2, 0.25) is 5.89 Å². The minimum absolute atomic E-state index is 0.00815. The summed E-state index contributed by atoms with van der Waals surface area (Å²) >= 11 is 0. The minimum atomic E-state index is -2.86. The number of nitrogens with one attached hydrogen (secondary N) is 1. The van der Waals surface area contributed by atoms with Crippen LogP contribution in [-0.2, 0) is 6.42 Å². The highest BCUT2D eigenvalue weighted by Crippen LogP contribution is 2.32. The van der Waals surface area contributed by atoms with Gasteiger partial charge in [-0.2, -0.15) is 8.78 Å². The number of aromatic nitrogens is 3. The van der Waals surface area contributed by atoms with Gasteiger partial charge in [-0.3, -0.25) is 14.6 Å². The zero-order valence-electron chi connectivity index (χ0n) is 20.8. The Morgan fingerprint density at radius 3 is 2.68 bits per heavy atom. The number of hydrogen-bond donors (Lipinski definition) is 1. The Hall–Kier alpha value is -3.75. The molecule has 9 heteroatoms. The molecule has 1 aromatic carbocycles. The highest BCUT2D eigenvalue weighted by molar-refractivity contribution is 5.99. The van der Waals surface area contributed by atoms with Crippen molar-refractivity contribution >= 4 is 11.7 Å². The third-order valence-corrected chi connectivity index (χ3v) is 6.75. The first-order valence-corrected chi connectivity index (χ1v) is 12.5. The Morgan fingerprint density at radius 2 is 1.97 bits per heavy atom. The van der Waals surface area contributed by atoms with Gasteiger partial charge in [0.1, 0.15) is 5.69 Å². The summed E-state index contributed by atoms with van der Waals surface area (Å²) in [7, 11) is 0. The van der Waals surface area contributed by atoms with Crippen LogP contribution in [0.15, 0.2) is 59.2 Å². The Balaban J connectivity index is 1.43. The van der Waals surface area contributed by atoms with Crippen molar-refractivity contribution < 1.29 is 22.8 Å². The lowest BCUT2D eigenvalue weighted by atomic mass is 9.79. The minimum Gasteiger partial charge on any atom is -0.415 e. The summed E-state index contributed by atoms with van der Waals surface area (Å²) in [6.07, 6.45) is 4.05. The van der Waals surface area contributed by atoms with Gasteiger partial charge in [0, 0.05) is 29.8 Å². The largest absolute Gasteiger partial charge is 0.415 e. The number of carbonyl (C=O) groups excluding carboxylic acids is 2. The molecule has 194 valence electrons. The number of allylic oxidation sites excluding steroid dienone is 1. The molecule has 0 bridgehead atoms. The third kappa shape index (κ3) is 6.53. The molecular weight excluding hydrogens is 478 g/mol. The zero-order valence-corrected chi connectivity index (χ0v) is 20.8. The second-order valence-electron chi connectivity index (χ2n) is 9.37. The van der Waals surface area contributed by atoms with Crippen LogP contribution in [-0.4, -0.2) is 32.9 Å². The Bertz CT molecular complexity index is 1260. The average Bonchev–Trinajstić information content (AvgIpc) is 3.41. The van der Waals surface area contributed by atoms with Crippen molar-refractivity contribution in [2.24, 2.45) is 5.92 Å². The van der Waals surface area contributed by atoms with Gasteiger partial charge < -0.3 is 9.73 Å². The predicted octanol–water partition coefficient (Wildman–Crippen LogP) is 6.14. The number of aryl methyl sites for hydroxylation is 1. The molecular formula is C28H30F2N4O3. The number of amides is 1. The number of hydrogen-bond acceptors (Lipinski definition) is 6. The fourth-order valence-corrected chi connectivity index (χ4v) is 4.86. The third-order valence-electron chi connectivity index (χ3n) is 6.75. The number of pyridine rings is 1. The predicted molar refractivity (Wildman–Crippen MR) is 134 cm³/mol. The average molecular weight is 509 g/mol. The number of rotatable bonds is 10. The SMILES string of the molecule is C=C(CC(=O)c1cc(-c2nnc(C(F)F)o2)ccc1CC)C[C@@H]1CCCC[C@H]1NC(=O)c1ccccn1. The van der Waals surface area contributed by atoms with Gasteiger partial charge in [0.15, 0.2) is 5.78 Å². The topological polar surface area (TPSA) is 98.0 Å². The van der Waals surface area contributed by atoms with E-state index in [2.05, 4.69) is 27.1 Å². The van der Waals surface area contributed by atoms with Crippen molar-refractivity contribution in [2.75, 3.05) is 0 Å². The van der Waals surface area contributed by atoms with E-state index in [-0.39, 0.29) is 36.0 Å². The van der Waals surface area contributed by atoms with Crippen LogP contribution in [0.4, 0.5) is 8.78 Å². The second-order valence-corrected chi connectivity index (χ2v) is 9.37. The molecule has 2 heterocycles. The van der Waals surface area contributed by atoms with Gasteiger partial charge in [0.05, 0.1) is 0 Å². The molecule has 0 saturated heterocycles. The molecule has 0 aliphatic heterocycles. The Kier molecular flexibility index (Phi) is 8.53. The molecule has 2 atom stereocenters. The van der Waals surface area contributed by atoms with Gasteiger partial charge in [0.25, 0.3) is 11.8 Å². The molecule has 1 saturated carbocycles. The van der Waals surface area contributed by atoms with Gasteiger partial charge in [-0.05, 0) is 61.4 Å². The molecule has 4 rings (SSSR count). The van der Waals surface area contributed by atoms with Crippen LogP contribution in [0.2, 0.25) is 0 Å². The van der Waals surface area contributed by atoms with E-state index in [0.717, 1.165) is 36.8 Å². The number of Topliss-reactive ketones (excluding diaryl/α,β-unsaturated/α-hetero) is 1. The van der Waals surface area contributed by atoms with Crippen molar-refractivity contribution in [2.45, 2.75) is 64.3 Å². The highest BCUT2D eigenvalue weighted by atomic mass is 19.3. The molecule has 0 radical (unpaired) electrons. The number of benzene rings is 1. The van der Waals surface area contributed by atoms with E-state index in [1.54, 1.807) is 42.6 Å². The monoisotopic (exact) mass is 508 g/mol. The maximum Gasteiger partial charge on any atom is 0.314 e. The summed E-state index contributed by atoms with van der Waals surface area (Å²) in [6, 6.07) is 10.3. The van der Waals surface area contributed by atoms with Crippen LogP contribution in [0.1, 0.15) is 84.2 Å². The van der Waals surface area contributed by atoms with Crippen LogP contribution in [0.5, 0.6) is 0 Å². The molecule has 3 aromatic rings. The number of ketones is 1. The first kappa shape index (κ1) is 26.3. The van der Waals surface area contributed by atoms with Gasteiger partial charge in [-0.1, -0.05) is 44.1 Å². The number of alkyl halides is 2. The first-order chi connectivity index (χ1) is 17.9. The standard InChI is InChI=1S/C28H30F2N4O3/c1-3-18-11-12-20(27-33-34-28(37-27)25(29)30)16-21(18)24(35)15-17(2)14-19-8-4-5-9-22(19)32-26(36)23-10-6-7-13-31-23/h6-7,10-13,16,19,22,25H,2-5,8-9,14-15H2,1H3,(H,32,36)/t19-,22+/m0/s1. The van der Waals surface area contributed by atoms with Crippen molar-refractivity contribution in [3.05, 3.63) is 77.5 Å². The summed E-state index contributed by atoms with van der Waals surface area (Å²) in [4.78, 5) is 30.1. The van der Waals surface area contributed by atoms with E-state index in [1.165, 1.54) is 0 Å². The molecule has 37 heavy (non-hydrogen) atoms. The summed E-state index contributed by atoms with van der Waals surface area (Å²) in [5.41, 5.74) is 2.92. The van der Waals surface area contributed by atoms with E-state index < -0.39 is 12.3 Å². The highest BCUT2D eigenvalue weighted by Gasteiger charge is 2.28. The quantitative estimate of drug-likeness (QED) is 0.261. The number of carbonyl (C=O) groups is 2. The lowest BCUT2D eigenvalue weighted by Crippen LogP contribution is -2.42. The van der Waals surface area contributed by atoms with E-state index in [9.17, 15) is 18.4 Å². The lowest BCUT2D eigenvalue weighted by molar-refractivity contribution is 0.0897. The van der Waals surface area contributed by atoms with Gasteiger partial charge in [-0.25, -0.2) is 0 Å². The fourth-order valence-electron chi connectivity index (χ4n) is 4.86. The van der Waals surface area contributed by atoms with Gasteiger partial charge in [-0.15, -0.1) is 10.2 Å². The van der Waals surface area contributed by atoms with Crippen molar-refractivity contribution in [3.63, 3.8) is 0 Å². The first-order valence-electron chi connectivity index (χ1n) is 12.5. The summed E-state index contributed by atoms with van der Waals surface area (Å²) in [6.45, 7) is 6.12. The molecule has 1 N–H and O–H groups in total. The fraction of sp³-hybridized carbons (Fsp3) is 0.393. The molecule has 1 aliphatic carbocycles. The smallest absolute Gasteiger partial charge is 0.314 e. The summed E-state index contributed by atoms with van der Waals surface area (Å²) in [5, 5.41) is 10.2. The maximum atomic E-state index is 13.3. The van der Waals surface area contributed by atoms with Crippen molar-refractivity contribution in [1.29, 1.82) is 0 Å². The Labute approximate surface area is 214 Å². The Morgan fingerprint density at radius 1 is 1.16 bits per heavy atom. The van der Waals surface area contributed by atoms with E-state index in [0.29, 0.717) is 29.7 Å². The normalized spacial score (nSPS) is 17.5. The van der Waals surface area contributed by atoms with Crippen LogP contribution in [0, 0.1) is 5.92 Å². The summed E-state index contributed by atoms with van der Waals surface area (Å²) < 4.78 is 30.8. The van der Waals surface area contributed by atoms with E-state index in [4.69, 9.17) is 4.42 Å². The molecule has 1 fully saturated rings. The molecule has 7 nitrogen and oxygen atoms in total. The zero-order chi connectivity index (χ0) is 26.4. The van der Waals surface area contributed by atoms with Crippen molar-refractivity contribution in [3.8, 4) is 11.5 Å². The van der Waals surface area contributed by atoms with E-state index >= 15 is 0 Å². The number of nitrogens with zero attached hydrogens (tertiary/aromatic N) is 3. The van der Waals surface area contributed by atoms with Crippen molar-refractivity contribution in [1.82, 2.24) is 20.5 Å². The molecule has 0 unspecified atom stereocenters.